The van der Waals surface area contributed by atoms with Gasteiger partial charge in [0.1, 0.15) is 0 Å². The van der Waals surface area contributed by atoms with E-state index in [-0.39, 0.29) is 24.6 Å². The van der Waals surface area contributed by atoms with Crippen LogP contribution in [0.25, 0.3) is 0 Å². The van der Waals surface area contributed by atoms with Crippen molar-refractivity contribution < 1.29 is 22.0 Å². The van der Waals surface area contributed by atoms with Crippen LogP contribution in [0.3, 0.4) is 0 Å². The molecule has 7 nitrogen and oxygen atoms in total. The van der Waals surface area contributed by atoms with Crippen molar-refractivity contribution in [3.63, 3.8) is 0 Å². The molecule has 0 spiro atoms. The number of carbonyl (C=O) groups excluding carboxylic acids is 1. The lowest BCUT2D eigenvalue weighted by atomic mass is 10.1. The first-order valence-electron chi connectivity index (χ1n) is 6.71. The molecule has 1 saturated heterocycles. The van der Waals surface area contributed by atoms with Crippen LogP contribution >= 0.6 is 0 Å². The number of benzene rings is 1. The minimum atomic E-state index is -4.66. The van der Waals surface area contributed by atoms with Crippen LogP contribution in [0, 0.1) is 16.0 Å². The van der Waals surface area contributed by atoms with Crippen LogP contribution in [0.15, 0.2) is 18.2 Å². The number of nitrogens with zero attached hydrogens (tertiary/aromatic N) is 2. The van der Waals surface area contributed by atoms with Gasteiger partial charge in [0.15, 0.2) is 0 Å². The normalized spacial score (nSPS) is 18.7. The van der Waals surface area contributed by atoms with E-state index in [1.54, 1.807) is 6.07 Å². The van der Waals surface area contributed by atoms with Gasteiger partial charge < -0.3 is 4.90 Å². The number of halogens is 1. The smallest absolute Gasteiger partial charge is 0.302 e. The van der Waals surface area contributed by atoms with Crippen molar-refractivity contribution in [1.29, 1.82) is 0 Å². The van der Waals surface area contributed by atoms with E-state index in [0.29, 0.717) is 12.1 Å². The number of nitro benzene ring substituents is 1. The predicted octanol–water partition coefficient (Wildman–Crippen LogP) is 1.81. The lowest BCUT2D eigenvalue weighted by Crippen LogP contribution is -2.26. The summed E-state index contributed by atoms with van der Waals surface area (Å²) in [7, 11) is -4.66. The maximum absolute atomic E-state index is 12.8. The Kier molecular flexibility index (Phi) is 4.45. The molecule has 1 aromatic rings. The molecule has 0 aliphatic carbocycles. The minimum Gasteiger partial charge on any atom is -0.312 e. The molecule has 1 unspecified atom stereocenters. The van der Waals surface area contributed by atoms with Crippen LogP contribution in [0.2, 0.25) is 0 Å². The molecule has 1 atom stereocenters. The average molecular weight is 330 g/mol. The number of hydrogen-bond acceptors (Lipinski definition) is 5. The summed E-state index contributed by atoms with van der Waals surface area (Å²) in [5.74, 6) is -1.72. The summed E-state index contributed by atoms with van der Waals surface area (Å²) in [5, 5.41) is 10.9. The number of amides is 1. The largest absolute Gasteiger partial charge is 0.312 e. The van der Waals surface area contributed by atoms with Crippen molar-refractivity contribution >= 4 is 27.5 Å². The topological polar surface area (TPSA) is 97.6 Å². The number of rotatable bonds is 5. The first kappa shape index (κ1) is 16.3. The highest BCUT2D eigenvalue weighted by Gasteiger charge is 2.35. The molecule has 9 heteroatoms. The Labute approximate surface area is 127 Å². The van der Waals surface area contributed by atoms with Crippen molar-refractivity contribution in [2.45, 2.75) is 19.8 Å². The number of anilines is 1. The van der Waals surface area contributed by atoms with Gasteiger partial charge in [-0.2, -0.15) is 8.42 Å². The van der Waals surface area contributed by atoms with Gasteiger partial charge in [-0.25, -0.2) is 0 Å². The maximum Gasteiger partial charge on any atom is 0.302 e. The third kappa shape index (κ3) is 3.59. The Hall–Kier alpha value is -2.03. The predicted molar refractivity (Wildman–Crippen MR) is 77.8 cm³/mol. The molecule has 1 aliphatic heterocycles. The number of aryl methyl sites for hydroxylation is 1. The quantitative estimate of drug-likeness (QED) is 0.466. The summed E-state index contributed by atoms with van der Waals surface area (Å²) in [6.07, 6.45) is 0.470. The van der Waals surface area contributed by atoms with Gasteiger partial charge in [-0.3, -0.25) is 14.9 Å². The van der Waals surface area contributed by atoms with Crippen LogP contribution in [-0.2, 0) is 21.4 Å². The van der Waals surface area contributed by atoms with E-state index in [2.05, 4.69) is 0 Å². The van der Waals surface area contributed by atoms with Crippen molar-refractivity contribution in [2.24, 2.45) is 5.92 Å². The monoisotopic (exact) mass is 330 g/mol. The molecule has 2 rings (SSSR count). The summed E-state index contributed by atoms with van der Waals surface area (Å²) >= 11 is 0. The second-order valence-corrected chi connectivity index (χ2v) is 6.61. The number of hydrogen-bond donors (Lipinski definition) is 0. The number of nitro groups is 1. The van der Waals surface area contributed by atoms with Crippen LogP contribution in [0.1, 0.15) is 18.9 Å². The molecule has 0 aromatic heterocycles. The first-order chi connectivity index (χ1) is 10.2. The summed E-state index contributed by atoms with van der Waals surface area (Å²) in [6, 6.07) is 4.22. The summed E-state index contributed by atoms with van der Waals surface area (Å²) in [6.45, 7) is 1.88. The molecule has 0 radical (unpaired) electrons. The van der Waals surface area contributed by atoms with Gasteiger partial charge in [-0.05, 0) is 12.0 Å². The second-order valence-electron chi connectivity index (χ2n) is 5.20. The van der Waals surface area contributed by atoms with E-state index in [1.165, 1.54) is 17.0 Å². The van der Waals surface area contributed by atoms with Gasteiger partial charge >= 0.3 is 10.2 Å². The first-order valence-corrected chi connectivity index (χ1v) is 8.26. The Bertz CT molecular complexity index is 719. The van der Waals surface area contributed by atoms with Crippen molar-refractivity contribution in [2.75, 3.05) is 17.2 Å². The second kappa shape index (κ2) is 5.99. The van der Waals surface area contributed by atoms with Gasteiger partial charge in [-0.15, -0.1) is 3.89 Å². The maximum atomic E-state index is 12.8. The van der Waals surface area contributed by atoms with E-state index >= 15 is 0 Å². The zero-order valence-corrected chi connectivity index (χ0v) is 12.7. The standard InChI is InChI=1S/C13H15FN2O5S/c1-2-10-3-4-11(16(18)19)6-12(10)15-7-9(5-13(15)17)8-22(14,20)21/h3-4,6,9H,2,5,7-8H2,1H3. The van der Waals surface area contributed by atoms with Gasteiger partial charge in [0.25, 0.3) is 5.69 Å². The van der Waals surface area contributed by atoms with E-state index in [4.69, 9.17) is 0 Å². The molecule has 1 aromatic carbocycles. The molecule has 1 amide bonds. The summed E-state index contributed by atoms with van der Waals surface area (Å²) in [4.78, 5) is 23.7. The Balaban J connectivity index is 2.33. The third-order valence-electron chi connectivity index (χ3n) is 3.59. The highest BCUT2D eigenvalue weighted by molar-refractivity contribution is 7.86. The lowest BCUT2D eigenvalue weighted by Gasteiger charge is -2.19. The summed E-state index contributed by atoms with van der Waals surface area (Å²) < 4.78 is 34.2. The average Bonchev–Trinajstić information content (AvgIpc) is 2.76. The van der Waals surface area contributed by atoms with Gasteiger partial charge in [0.2, 0.25) is 5.91 Å². The molecular weight excluding hydrogens is 315 g/mol. The fourth-order valence-electron chi connectivity index (χ4n) is 2.62. The molecule has 0 N–H and O–H groups in total. The lowest BCUT2D eigenvalue weighted by molar-refractivity contribution is -0.384. The Morgan fingerprint density at radius 2 is 2.14 bits per heavy atom. The zero-order chi connectivity index (χ0) is 16.5. The fraction of sp³-hybridized carbons (Fsp3) is 0.462. The number of carbonyl (C=O) groups is 1. The van der Waals surface area contributed by atoms with E-state index in [9.17, 15) is 27.2 Å². The molecule has 1 aliphatic rings. The van der Waals surface area contributed by atoms with Crippen molar-refractivity contribution in [3.05, 3.63) is 33.9 Å². The minimum absolute atomic E-state index is 0.0378. The van der Waals surface area contributed by atoms with Crippen LogP contribution < -0.4 is 4.90 Å². The molecule has 1 heterocycles. The molecule has 120 valence electrons. The summed E-state index contributed by atoms with van der Waals surface area (Å²) in [5.41, 5.74) is 0.977. The SMILES string of the molecule is CCc1ccc([N+](=O)[O-])cc1N1CC(CS(=O)(=O)F)CC1=O. The highest BCUT2D eigenvalue weighted by Crippen LogP contribution is 2.32. The zero-order valence-electron chi connectivity index (χ0n) is 11.9. The van der Waals surface area contributed by atoms with Crippen LogP contribution in [0.4, 0.5) is 15.3 Å². The van der Waals surface area contributed by atoms with Gasteiger partial charge in [0, 0.05) is 31.0 Å². The molecule has 1 fully saturated rings. The van der Waals surface area contributed by atoms with Crippen molar-refractivity contribution in [3.8, 4) is 0 Å². The number of non-ortho nitro benzene ring substituents is 1. The van der Waals surface area contributed by atoms with Crippen LogP contribution in [0.5, 0.6) is 0 Å². The molecular formula is C13H15FN2O5S. The fourth-order valence-corrected chi connectivity index (χ4v) is 3.41. The van der Waals surface area contributed by atoms with E-state index < -0.39 is 26.8 Å². The van der Waals surface area contributed by atoms with Gasteiger partial charge in [0.05, 0.1) is 16.4 Å². The highest BCUT2D eigenvalue weighted by atomic mass is 32.3. The molecule has 0 saturated carbocycles. The molecule has 0 bridgehead atoms. The van der Waals surface area contributed by atoms with Gasteiger partial charge in [-0.1, -0.05) is 13.0 Å². The third-order valence-corrected chi connectivity index (χ3v) is 4.46. The Morgan fingerprint density at radius 3 is 2.68 bits per heavy atom. The Morgan fingerprint density at radius 1 is 1.45 bits per heavy atom. The van der Waals surface area contributed by atoms with E-state index in [1.807, 2.05) is 6.92 Å². The van der Waals surface area contributed by atoms with Crippen molar-refractivity contribution in [1.82, 2.24) is 0 Å². The van der Waals surface area contributed by atoms with E-state index in [0.717, 1.165) is 5.56 Å². The molecule has 22 heavy (non-hydrogen) atoms. The van der Waals surface area contributed by atoms with Crippen LogP contribution in [-0.4, -0.2) is 31.5 Å².